The Balaban J connectivity index is 1.71. The molecule has 0 aliphatic heterocycles. The summed E-state index contributed by atoms with van der Waals surface area (Å²) in [6.45, 7) is 0.813. The molecule has 0 aliphatic carbocycles. The van der Waals surface area contributed by atoms with Crippen LogP contribution in [0.15, 0.2) is 65.1 Å². The van der Waals surface area contributed by atoms with Crippen molar-refractivity contribution in [2.75, 3.05) is 11.9 Å². The van der Waals surface area contributed by atoms with Crippen LogP contribution in [-0.2, 0) is 6.54 Å². The summed E-state index contributed by atoms with van der Waals surface area (Å²) in [6, 6.07) is 19.1. The molecule has 4 nitrogen and oxygen atoms in total. The smallest absolute Gasteiger partial charge is 0.139 e. The zero-order valence-corrected chi connectivity index (χ0v) is 16.1. The van der Waals surface area contributed by atoms with Gasteiger partial charge in [-0.15, -0.1) is 0 Å². The number of rotatable bonds is 5. The van der Waals surface area contributed by atoms with Crippen molar-refractivity contribution >= 4 is 56.7 Å². The van der Waals surface area contributed by atoms with Gasteiger partial charge in [-0.25, -0.2) is 0 Å². The molecule has 0 saturated carbocycles. The Morgan fingerprint density at radius 3 is 2.56 bits per heavy atom. The third-order valence-electron chi connectivity index (χ3n) is 4.69. The van der Waals surface area contributed by atoms with Gasteiger partial charge in [0.2, 0.25) is 0 Å². The molecule has 1 heterocycles. The Labute approximate surface area is 167 Å². The summed E-state index contributed by atoms with van der Waals surface area (Å²) in [5.74, 6) is 0.179. The van der Waals surface area contributed by atoms with E-state index in [2.05, 4.69) is 21.2 Å². The molecular formula is C21H18BBrN2O2. The van der Waals surface area contributed by atoms with E-state index in [4.69, 9.17) is 7.85 Å². The maximum Gasteiger partial charge on any atom is 0.139 e. The molecule has 0 saturated heterocycles. The first-order valence-electron chi connectivity index (χ1n) is 8.70. The van der Waals surface area contributed by atoms with Crippen molar-refractivity contribution in [2.24, 2.45) is 0 Å². The fourth-order valence-electron chi connectivity index (χ4n) is 3.43. The predicted molar refractivity (Wildman–Crippen MR) is 115 cm³/mol. The highest BCUT2D eigenvalue weighted by Crippen LogP contribution is 2.39. The number of aliphatic hydroxyl groups is 1. The standard InChI is InChI=1S/C21H18BBrN2O2/c22-13-6-8-18-16(10-13)20-19(9-7-17(23)21(20)27)25(18)12-15(26)11-24-14-4-2-1-3-5-14/h1-10,15,24,26-27H,11-12H2. The van der Waals surface area contributed by atoms with Crippen molar-refractivity contribution in [1.82, 2.24) is 4.57 Å². The SMILES string of the molecule is [B]c1ccc2c(c1)c1c(O)c(Br)ccc1n2CC(O)CNc1ccccc1. The molecule has 4 aromatic rings. The summed E-state index contributed by atoms with van der Waals surface area (Å²) in [5.41, 5.74) is 3.38. The molecule has 0 aliphatic rings. The highest BCUT2D eigenvalue weighted by molar-refractivity contribution is 9.10. The van der Waals surface area contributed by atoms with Crippen LogP contribution in [-0.4, -0.2) is 35.3 Å². The van der Waals surface area contributed by atoms with Crippen LogP contribution in [0.4, 0.5) is 5.69 Å². The molecular weight excluding hydrogens is 403 g/mol. The number of hydrogen-bond donors (Lipinski definition) is 3. The minimum atomic E-state index is -0.604. The van der Waals surface area contributed by atoms with Gasteiger partial charge in [-0.3, -0.25) is 0 Å². The van der Waals surface area contributed by atoms with Crippen molar-refractivity contribution in [1.29, 1.82) is 0 Å². The van der Waals surface area contributed by atoms with E-state index in [-0.39, 0.29) is 5.75 Å². The van der Waals surface area contributed by atoms with E-state index in [0.717, 1.165) is 27.5 Å². The van der Waals surface area contributed by atoms with Gasteiger partial charge in [0.25, 0.3) is 0 Å². The van der Waals surface area contributed by atoms with Gasteiger partial charge < -0.3 is 20.1 Å². The first kappa shape index (κ1) is 18.0. The lowest BCUT2D eigenvalue weighted by molar-refractivity contribution is 0.169. The van der Waals surface area contributed by atoms with Gasteiger partial charge in [-0.2, -0.15) is 0 Å². The van der Waals surface area contributed by atoms with E-state index < -0.39 is 6.10 Å². The Bertz CT molecular complexity index is 1110. The molecule has 0 spiro atoms. The van der Waals surface area contributed by atoms with Crippen LogP contribution in [0.1, 0.15) is 0 Å². The van der Waals surface area contributed by atoms with Gasteiger partial charge in [0, 0.05) is 23.1 Å². The summed E-state index contributed by atoms with van der Waals surface area (Å²) in [4.78, 5) is 0. The number of benzene rings is 3. The predicted octanol–water partition coefficient (Wildman–Crippen LogP) is 3.53. The average molecular weight is 421 g/mol. The second-order valence-corrected chi connectivity index (χ2v) is 7.43. The topological polar surface area (TPSA) is 57.4 Å². The van der Waals surface area contributed by atoms with Crippen LogP contribution in [0.2, 0.25) is 0 Å². The number of nitrogens with one attached hydrogen (secondary N) is 1. The summed E-state index contributed by atoms with van der Waals surface area (Å²) in [5, 5.41) is 26.0. The van der Waals surface area contributed by atoms with Crippen molar-refractivity contribution in [2.45, 2.75) is 12.6 Å². The van der Waals surface area contributed by atoms with Gasteiger partial charge in [0.05, 0.1) is 28.0 Å². The number of para-hydroxylation sites is 1. The quantitative estimate of drug-likeness (QED) is 0.433. The fourth-order valence-corrected chi connectivity index (χ4v) is 3.76. The molecule has 3 aromatic carbocycles. The van der Waals surface area contributed by atoms with E-state index in [1.807, 2.05) is 65.2 Å². The zero-order valence-electron chi connectivity index (χ0n) is 14.6. The van der Waals surface area contributed by atoms with E-state index in [0.29, 0.717) is 23.0 Å². The lowest BCUT2D eigenvalue weighted by atomic mass is 9.94. The highest BCUT2D eigenvalue weighted by Gasteiger charge is 2.17. The minimum Gasteiger partial charge on any atom is -0.506 e. The fraction of sp³-hybridized carbons (Fsp3) is 0.143. The second kappa shape index (κ2) is 7.29. The molecule has 0 bridgehead atoms. The number of aromatic nitrogens is 1. The lowest BCUT2D eigenvalue weighted by Crippen LogP contribution is -2.24. The maximum atomic E-state index is 10.6. The molecule has 3 N–H and O–H groups in total. The Hall–Kier alpha value is -2.44. The van der Waals surface area contributed by atoms with Gasteiger partial charge in [-0.05, 0) is 46.3 Å². The van der Waals surface area contributed by atoms with Crippen molar-refractivity contribution in [3.05, 3.63) is 65.1 Å². The van der Waals surface area contributed by atoms with Crippen LogP contribution in [0.25, 0.3) is 21.8 Å². The van der Waals surface area contributed by atoms with E-state index in [9.17, 15) is 10.2 Å². The van der Waals surface area contributed by atoms with Crippen LogP contribution in [0, 0.1) is 0 Å². The van der Waals surface area contributed by atoms with E-state index >= 15 is 0 Å². The summed E-state index contributed by atoms with van der Waals surface area (Å²) >= 11 is 3.38. The van der Waals surface area contributed by atoms with Gasteiger partial charge in [-0.1, -0.05) is 35.8 Å². The number of hydrogen-bond acceptors (Lipinski definition) is 3. The number of aromatic hydroxyl groups is 1. The molecule has 6 heteroatoms. The molecule has 4 rings (SSSR count). The van der Waals surface area contributed by atoms with Crippen molar-refractivity contribution in [3.63, 3.8) is 0 Å². The third kappa shape index (κ3) is 3.43. The highest BCUT2D eigenvalue weighted by atomic mass is 79.9. The number of phenols is 1. The van der Waals surface area contributed by atoms with Gasteiger partial charge in [0.1, 0.15) is 13.6 Å². The van der Waals surface area contributed by atoms with Crippen molar-refractivity contribution in [3.8, 4) is 5.75 Å². The number of phenolic OH excluding ortho intramolecular Hbond substituents is 1. The Morgan fingerprint density at radius 1 is 1.04 bits per heavy atom. The molecule has 27 heavy (non-hydrogen) atoms. The number of fused-ring (bicyclic) bond motifs is 3. The summed E-state index contributed by atoms with van der Waals surface area (Å²) < 4.78 is 2.65. The average Bonchev–Trinajstić information content (AvgIpc) is 2.97. The largest absolute Gasteiger partial charge is 0.506 e. The molecule has 0 fully saturated rings. The minimum absolute atomic E-state index is 0.179. The Morgan fingerprint density at radius 2 is 1.78 bits per heavy atom. The number of aliphatic hydroxyl groups excluding tert-OH is 1. The molecule has 134 valence electrons. The van der Waals surface area contributed by atoms with Crippen molar-refractivity contribution < 1.29 is 10.2 Å². The summed E-state index contributed by atoms with van der Waals surface area (Å²) in [6.07, 6.45) is -0.604. The first-order valence-corrected chi connectivity index (χ1v) is 9.50. The zero-order chi connectivity index (χ0) is 19.0. The molecule has 0 amide bonds. The van der Waals surface area contributed by atoms with E-state index in [1.54, 1.807) is 0 Å². The van der Waals surface area contributed by atoms with Gasteiger partial charge in [0.15, 0.2) is 0 Å². The number of anilines is 1. The van der Waals surface area contributed by atoms with Gasteiger partial charge >= 0.3 is 0 Å². The first-order chi connectivity index (χ1) is 13.0. The molecule has 1 aromatic heterocycles. The third-order valence-corrected chi connectivity index (χ3v) is 5.33. The van der Waals surface area contributed by atoms with Crippen LogP contribution in [0.5, 0.6) is 5.75 Å². The number of nitrogens with zero attached hydrogens (tertiary/aromatic N) is 1. The lowest BCUT2D eigenvalue weighted by Gasteiger charge is -2.15. The normalized spacial score (nSPS) is 12.5. The molecule has 2 radical (unpaired) electrons. The number of halogens is 1. The second-order valence-electron chi connectivity index (χ2n) is 6.58. The molecule has 1 atom stereocenters. The monoisotopic (exact) mass is 420 g/mol. The maximum absolute atomic E-state index is 10.6. The van der Waals surface area contributed by atoms with E-state index in [1.165, 1.54) is 0 Å². The molecule has 1 unspecified atom stereocenters. The van der Waals surface area contributed by atoms with Crippen LogP contribution < -0.4 is 10.8 Å². The Kier molecular flexibility index (Phi) is 4.85. The van der Waals surface area contributed by atoms with Crippen LogP contribution in [0.3, 0.4) is 0 Å². The summed E-state index contributed by atoms with van der Waals surface area (Å²) in [7, 11) is 5.96. The van der Waals surface area contributed by atoms with Crippen LogP contribution >= 0.6 is 15.9 Å².